The Morgan fingerprint density at radius 3 is 2.30 bits per heavy atom. The van der Waals surface area contributed by atoms with Crippen molar-refractivity contribution in [3.8, 4) is 5.75 Å². The predicted molar refractivity (Wildman–Crippen MR) is 83.0 cm³/mol. The zero-order valence-corrected chi connectivity index (χ0v) is 13.3. The van der Waals surface area contributed by atoms with Crippen LogP contribution in [0.15, 0.2) is 24.3 Å². The Hall–Kier alpha value is -1.51. The molecule has 3 nitrogen and oxygen atoms in total. The molecule has 0 fully saturated rings. The summed E-state index contributed by atoms with van der Waals surface area (Å²) in [7, 11) is 0. The molecule has 0 radical (unpaired) electrons. The molecule has 1 amide bonds. The van der Waals surface area contributed by atoms with Gasteiger partial charge in [-0.3, -0.25) is 4.79 Å². The van der Waals surface area contributed by atoms with Gasteiger partial charge < -0.3 is 9.64 Å². The molecule has 20 heavy (non-hydrogen) atoms. The molecule has 0 saturated heterocycles. The largest absolute Gasteiger partial charge is 0.484 e. The second-order valence-corrected chi connectivity index (χ2v) is 5.42. The lowest BCUT2D eigenvalue weighted by molar-refractivity contribution is -0.137. The Bertz CT molecular complexity index is 421. The second kappa shape index (κ2) is 7.93. The Labute approximate surface area is 122 Å². The van der Waals surface area contributed by atoms with Crippen molar-refractivity contribution in [2.24, 2.45) is 0 Å². The van der Waals surface area contributed by atoms with E-state index in [1.807, 2.05) is 36.1 Å². The molecule has 3 heteroatoms. The van der Waals surface area contributed by atoms with Crippen molar-refractivity contribution in [3.05, 3.63) is 29.8 Å². The van der Waals surface area contributed by atoms with Gasteiger partial charge in [-0.25, -0.2) is 0 Å². The number of aryl methyl sites for hydroxylation is 1. The number of rotatable bonds is 7. The first-order chi connectivity index (χ1) is 9.49. The molecule has 1 aromatic rings. The van der Waals surface area contributed by atoms with E-state index >= 15 is 0 Å². The number of nitrogens with zero attached hydrogens (tertiary/aromatic N) is 1. The van der Waals surface area contributed by atoms with Crippen LogP contribution in [-0.4, -0.2) is 29.5 Å². The summed E-state index contributed by atoms with van der Waals surface area (Å²) in [5, 5.41) is 0. The average molecular weight is 277 g/mol. The minimum Gasteiger partial charge on any atom is -0.484 e. The van der Waals surface area contributed by atoms with Crippen molar-refractivity contribution < 1.29 is 9.53 Å². The highest BCUT2D eigenvalue weighted by Gasteiger charge is 2.23. The molecule has 0 aliphatic heterocycles. The highest BCUT2D eigenvalue weighted by atomic mass is 16.5. The van der Waals surface area contributed by atoms with Crippen LogP contribution in [0.3, 0.4) is 0 Å². The number of hydrogen-bond acceptors (Lipinski definition) is 2. The predicted octanol–water partition coefficient (Wildman–Crippen LogP) is 3.80. The van der Waals surface area contributed by atoms with E-state index < -0.39 is 0 Å². The molecule has 0 aliphatic rings. The molecule has 0 N–H and O–H groups in total. The number of carbonyl (C=O) groups is 1. The zero-order chi connectivity index (χ0) is 15.1. The molecule has 1 rings (SSSR count). The minimum atomic E-state index is 0.0650. The van der Waals surface area contributed by atoms with Crippen molar-refractivity contribution >= 4 is 5.91 Å². The summed E-state index contributed by atoms with van der Waals surface area (Å²) < 4.78 is 5.63. The van der Waals surface area contributed by atoms with Gasteiger partial charge in [-0.05, 0) is 51.3 Å². The standard InChI is InChI=1S/C17H27NO2/c1-6-14(4)18(15(5)7-2)17(19)12-20-16-10-8-9-13(3)11-16/h8-11,14-15H,6-7,12H2,1-5H3. The van der Waals surface area contributed by atoms with E-state index in [-0.39, 0.29) is 24.6 Å². The van der Waals surface area contributed by atoms with Crippen molar-refractivity contribution in [2.45, 2.75) is 59.5 Å². The van der Waals surface area contributed by atoms with Gasteiger partial charge in [0.25, 0.3) is 5.91 Å². The zero-order valence-electron chi connectivity index (χ0n) is 13.3. The number of ether oxygens (including phenoxy) is 1. The number of carbonyl (C=O) groups excluding carboxylic acids is 1. The number of amides is 1. The summed E-state index contributed by atoms with van der Waals surface area (Å²) in [6, 6.07) is 8.29. The topological polar surface area (TPSA) is 29.5 Å². The first-order valence-electron chi connectivity index (χ1n) is 7.50. The van der Waals surface area contributed by atoms with Gasteiger partial charge in [0.05, 0.1) is 0 Å². The van der Waals surface area contributed by atoms with Crippen LogP contribution in [0.1, 0.15) is 46.1 Å². The maximum absolute atomic E-state index is 12.4. The summed E-state index contributed by atoms with van der Waals surface area (Å²) in [5.41, 5.74) is 1.13. The van der Waals surface area contributed by atoms with Crippen LogP contribution in [0, 0.1) is 6.92 Å². The fourth-order valence-electron chi connectivity index (χ4n) is 2.24. The summed E-state index contributed by atoms with van der Waals surface area (Å²) in [6.07, 6.45) is 1.92. The Morgan fingerprint density at radius 2 is 1.80 bits per heavy atom. The summed E-state index contributed by atoms with van der Waals surface area (Å²) in [6.45, 7) is 10.5. The number of hydrogen-bond donors (Lipinski definition) is 0. The average Bonchev–Trinajstić information content (AvgIpc) is 2.44. The molecule has 0 saturated carbocycles. The molecule has 0 bridgehead atoms. The molecule has 112 valence electrons. The van der Waals surface area contributed by atoms with E-state index in [2.05, 4.69) is 27.7 Å². The minimum absolute atomic E-state index is 0.0650. The second-order valence-electron chi connectivity index (χ2n) is 5.42. The van der Waals surface area contributed by atoms with Gasteiger partial charge in [0.2, 0.25) is 0 Å². The van der Waals surface area contributed by atoms with Gasteiger partial charge in [-0.15, -0.1) is 0 Å². The lowest BCUT2D eigenvalue weighted by atomic mass is 10.1. The lowest BCUT2D eigenvalue weighted by Crippen LogP contribution is -2.46. The summed E-state index contributed by atoms with van der Waals surface area (Å²) in [5.74, 6) is 0.821. The van der Waals surface area contributed by atoms with Crippen LogP contribution in [-0.2, 0) is 4.79 Å². The van der Waals surface area contributed by atoms with Crippen LogP contribution in [0.25, 0.3) is 0 Å². The van der Waals surface area contributed by atoms with Gasteiger partial charge in [0, 0.05) is 12.1 Å². The maximum atomic E-state index is 12.4. The Balaban J connectivity index is 2.66. The monoisotopic (exact) mass is 277 g/mol. The molecule has 2 atom stereocenters. The van der Waals surface area contributed by atoms with Gasteiger partial charge in [0.1, 0.15) is 5.75 Å². The smallest absolute Gasteiger partial charge is 0.260 e. The van der Waals surface area contributed by atoms with Gasteiger partial charge in [-0.1, -0.05) is 26.0 Å². The molecule has 0 heterocycles. The Morgan fingerprint density at radius 1 is 1.20 bits per heavy atom. The lowest BCUT2D eigenvalue weighted by Gasteiger charge is -2.33. The van der Waals surface area contributed by atoms with Crippen molar-refractivity contribution in [1.29, 1.82) is 0 Å². The normalized spacial score (nSPS) is 13.7. The van der Waals surface area contributed by atoms with E-state index in [0.29, 0.717) is 0 Å². The molecule has 2 unspecified atom stereocenters. The first-order valence-corrected chi connectivity index (χ1v) is 7.50. The molecule has 0 spiro atoms. The molecular formula is C17H27NO2. The van der Waals surface area contributed by atoms with E-state index in [1.54, 1.807) is 0 Å². The molecule has 1 aromatic carbocycles. The van der Waals surface area contributed by atoms with Crippen molar-refractivity contribution in [2.75, 3.05) is 6.61 Å². The fraction of sp³-hybridized carbons (Fsp3) is 0.588. The van der Waals surface area contributed by atoms with E-state index in [9.17, 15) is 4.79 Å². The third-order valence-corrected chi connectivity index (χ3v) is 3.77. The third kappa shape index (κ3) is 4.55. The quantitative estimate of drug-likeness (QED) is 0.758. The van der Waals surface area contributed by atoms with Crippen molar-refractivity contribution in [3.63, 3.8) is 0 Å². The van der Waals surface area contributed by atoms with Crippen LogP contribution < -0.4 is 4.74 Å². The van der Waals surface area contributed by atoms with E-state index in [1.165, 1.54) is 0 Å². The molecule has 0 aliphatic carbocycles. The summed E-state index contributed by atoms with van der Waals surface area (Å²) in [4.78, 5) is 14.4. The molecule has 0 aromatic heterocycles. The van der Waals surface area contributed by atoms with E-state index in [4.69, 9.17) is 4.74 Å². The maximum Gasteiger partial charge on any atom is 0.260 e. The SMILES string of the molecule is CCC(C)N(C(=O)COc1cccc(C)c1)C(C)CC. The van der Waals surface area contributed by atoms with Crippen LogP contribution in [0.4, 0.5) is 0 Å². The fourth-order valence-corrected chi connectivity index (χ4v) is 2.24. The van der Waals surface area contributed by atoms with E-state index in [0.717, 1.165) is 24.2 Å². The van der Waals surface area contributed by atoms with Crippen LogP contribution >= 0.6 is 0 Å². The van der Waals surface area contributed by atoms with Crippen molar-refractivity contribution in [1.82, 2.24) is 4.90 Å². The van der Waals surface area contributed by atoms with Gasteiger partial charge in [0.15, 0.2) is 6.61 Å². The number of benzene rings is 1. The molecular weight excluding hydrogens is 250 g/mol. The Kier molecular flexibility index (Phi) is 6.56. The van der Waals surface area contributed by atoms with Crippen LogP contribution in [0.2, 0.25) is 0 Å². The highest BCUT2D eigenvalue weighted by Crippen LogP contribution is 2.15. The van der Waals surface area contributed by atoms with Crippen LogP contribution in [0.5, 0.6) is 5.75 Å². The first kappa shape index (κ1) is 16.5. The third-order valence-electron chi connectivity index (χ3n) is 3.77. The summed E-state index contributed by atoms with van der Waals surface area (Å²) >= 11 is 0. The highest BCUT2D eigenvalue weighted by molar-refractivity contribution is 5.78. The van der Waals surface area contributed by atoms with Gasteiger partial charge >= 0.3 is 0 Å². The van der Waals surface area contributed by atoms with Gasteiger partial charge in [-0.2, -0.15) is 0 Å².